The first-order valence-electron chi connectivity index (χ1n) is 8.45. The zero-order valence-electron chi connectivity index (χ0n) is 14.7. The van der Waals surface area contributed by atoms with E-state index in [-0.39, 0.29) is 6.54 Å². The van der Waals surface area contributed by atoms with Crippen molar-refractivity contribution in [1.82, 2.24) is 4.31 Å². The lowest BCUT2D eigenvalue weighted by Gasteiger charge is -2.23. The van der Waals surface area contributed by atoms with Gasteiger partial charge in [0.1, 0.15) is 16.8 Å². The second-order valence-electron chi connectivity index (χ2n) is 6.49. The van der Waals surface area contributed by atoms with E-state index in [1.807, 2.05) is 26.0 Å². The number of sulfonamides is 1. The zero-order chi connectivity index (χ0) is 18.9. The van der Waals surface area contributed by atoms with E-state index in [1.54, 1.807) is 6.07 Å². The van der Waals surface area contributed by atoms with Crippen molar-refractivity contribution in [1.29, 1.82) is 0 Å². The van der Waals surface area contributed by atoms with Crippen molar-refractivity contribution >= 4 is 21.6 Å². The molecule has 2 aromatic rings. The quantitative estimate of drug-likeness (QED) is 0.891. The standard InChI is InChI=1S/C19H21FN2O3S/c1-13-9-10-15(12-14(13)2)21-19(23)17-7-5-11-22(17)26(24,25)18-8-4-3-6-16(18)20/h3-4,6,8-10,12,17H,5,7,11H2,1-2H3,(H,21,23)/t17-/m1/s1. The number of benzene rings is 2. The Morgan fingerprint density at radius 3 is 2.58 bits per heavy atom. The molecule has 0 spiro atoms. The largest absolute Gasteiger partial charge is 0.325 e. The summed E-state index contributed by atoms with van der Waals surface area (Å²) in [5, 5.41) is 2.78. The molecule has 7 heteroatoms. The molecule has 0 radical (unpaired) electrons. The van der Waals surface area contributed by atoms with Crippen LogP contribution in [0, 0.1) is 19.7 Å². The maximum Gasteiger partial charge on any atom is 0.246 e. The molecule has 1 aliphatic heterocycles. The maximum atomic E-state index is 14.0. The summed E-state index contributed by atoms with van der Waals surface area (Å²) in [6, 6.07) is 9.91. The summed E-state index contributed by atoms with van der Waals surface area (Å²) >= 11 is 0. The third-order valence-electron chi connectivity index (χ3n) is 4.70. The smallest absolute Gasteiger partial charge is 0.246 e. The van der Waals surface area contributed by atoms with Crippen LogP contribution in [0.4, 0.5) is 10.1 Å². The highest BCUT2D eigenvalue weighted by Crippen LogP contribution is 2.28. The molecule has 0 aromatic heterocycles. The molecule has 1 saturated heterocycles. The Labute approximate surface area is 152 Å². The Kier molecular flexibility index (Phi) is 5.11. The lowest BCUT2D eigenvalue weighted by molar-refractivity contribution is -0.119. The topological polar surface area (TPSA) is 66.5 Å². The number of nitrogens with zero attached hydrogens (tertiary/aromatic N) is 1. The van der Waals surface area contributed by atoms with Gasteiger partial charge in [0.2, 0.25) is 15.9 Å². The Hall–Kier alpha value is -2.25. The van der Waals surface area contributed by atoms with Gasteiger partial charge in [0.05, 0.1) is 0 Å². The lowest BCUT2D eigenvalue weighted by atomic mass is 10.1. The minimum atomic E-state index is -4.07. The number of hydrogen-bond donors (Lipinski definition) is 1. The normalized spacial score (nSPS) is 18.0. The maximum absolute atomic E-state index is 14.0. The molecule has 0 aliphatic carbocycles. The van der Waals surface area contributed by atoms with Crippen molar-refractivity contribution < 1.29 is 17.6 Å². The highest BCUT2D eigenvalue weighted by molar-refractivity contribution is 7.89. The number of carbonyl (C=O) groups is 1. The minimum absolute atomic E-state index is 0.196. The summed E-state index contributed by atoms with van der Waals surface area (Å²) in [4.78, 5) is 12.3. The van der Waals surface area contributed by atoms with Crippen LogP contribution < -0.4 is 5.32 Å². The lowest BCUT2D eigenvalue weighted by Crippen LogP contribution is -2.43. The highest BCUT2D eigenvalue weighted by Gasteiger charge is 2.40. The molecule has 1 fully saturated rings. The molecule has 1 aliphatic rings. The number of carbonyl (C=O) groups excluding carboxylic acids is 1. The number of rotatable bonds is 4. The summed E-state index contributed by atoms with van der Waals surface area (Å²) in [5.74, 6) is -1.21. The van der Waals surface area contributed by atoms with Crippen LogP contribution in [0.15, 0.2) is 47.4 Å². The van der Waals surface area contributed by atoms with Crippen molar-refractivity contribution in [3.8, 4) is 0 Å². The van der Waals surface area contributed by atoms with E-state index in [0.717, 1.165) is 21.5 Å². The van der Waals surface area contributed by atoms with Gasteiger partial charge in [0, 0.05) is 12.2 Å². The van der Waals surface area contributed by atoms with Gasteiger partial charge in [-0.1, -0.05) is 18.2 Å². The summed E-state index contributed by atoms with van der Waals surface area (Å²) in [6.45, 7) is 4.11. The van der Waals surface area contributed by atoms with Gasteiger partial charge in [-0.25, -0.2) is 12.8 Å². The summed E-state index contributed by atoms with van der Waals surface area (Å²) in [5.41, 5.74) is 2.76. The Morgan fingerprint density at radius 2 is 1.88 bits per heavy atom. The van der Waals surface area contributed by atoms with Crippen LogP contribution in [0.2, 0.25) is 0 Å². The number of amides is 1. The fourth-order valence-corrected chi connectivity index (χ4v) is 4.84. The summed E-state index contributed by atoms with van der Waals surface area (Å²) in [6.07, 6.45) is 0.961. The van der Waals surface area contributed by atoms with Gasteiger partial charge in [-0.3, -0.25) is 4.79 Å². The fourth-order valence-electron chi connectivity index (χ4n) is 3.11. The average Bonchev–Trinajstić information content (AvgIpc) is 3.09. The van der Waals surface area contributed by atoms with E-state index in [9.17, 15) is 17.6 Å². The number of aryl methyl sites for hydroxylation is 2. The molecule has 1 N–H and O–H groups in total. The van der Waals surface area contributed by atoms with Crippen LogP contribution in [0.5, 0.6) is 0 Å². The monoisotopic (exact) mass is 376 g/mol. The van der Waals surface area contributed by atoms with Gasteiger partial charge in [0.15, 0.2) is 0 Å². The number of hydrogen-bond acceptors (Lipinski definition) is 3. The molecule has 2 aromatic carbocycles. The van der Waals surface area contributed by atoms with Gasteiger partial charge < -0.3 is 5.32 Å². The molecule has 1 atom stereocenters. The molecule has 1 amide bonds. The average molecular weight is 376 g/mol. The van der Waals surface area contributed by atoms with Crippen molar-refractivity contribution in [3.63, 3.8) is 0 Å². The molecule has 138 valence electrons. The van der Waals surface area contributed by atoms with Gasteiger partial charge in [0.25, 0.3) is 0 Å². The van der Waals surface area contributed by atoms with Gasteiger partial charge >= 0.3 is 0 Å². The second-order valence-corrected chi connectivity index (χ2v) is 8.35. The van der Waals surface area contributed by atoms with Crippen LogP contribution >= 0.6 is 0 Å². The van der Waals surface area contributed by atoms with Crippen molar-refractivity contribution in [2.75, 3.05) is 11.9 Å². The number of nitrogens with one attached hydrogen (secondary N) is 1. The van der Waals surface area contributed by atoms with Gasteiger partial charge in [-0.15, -0.1) is 0 Å². The molecule has 0 bridgehead atoms. The van der Waals surface area contributed by atoms with E-state index in [1.165, 1.54) is 18.2 Å². The number of anilines is 1. The number of halogens is 1. The SMILES string of the molecule is Cc1ccc(NC(=O)[C@H]2CCCN2S(=O)(=O)c2ccccc2F)cc1C. The Bertz CT molecular complexity index is 944. The highest BCUT2D eigenvalue weighted by atomic mass is 32.2. The summed E-state index contributed by atoms with van der Waals surface area (Å²) in [7, 11) is -4.07. The molecule has 0 unspecified atom stereocenters. The van der Waals surface area contributed by atoms with E-state index >= 15 is 0 Å². The predicted molar refractivity (Wildman–Crippen MR) is 97.9 cm³/mol. The van der Waals surface area contributed by atoms with Crippen LogP contribution in [0.1, 0.15) is 24.0 Å². The third kappa shape index (κ3) is 3.50. The van der Waals surface area contributed by atoms with E-state index in [4.69, 9.17) is 0 Å². The molecule has 5 nitrogen and oxygen atoms in total. The van der Waals surface area contributed by atoms with Crippen molar-refractivity contribution in [2.45, 2.75) is 37.6 Å². The predicted octanol–water partition coefficient (Wildman–Crippen LogP) is 3.23. The van der Waals surface area contributed by atoms with E-state index in [0.29, 0.717) is 18.5 Å². The van der Waals surface area contributed by atoms with Crippen LogP contribution in [-0.4, -0.2) is 31.2 Å². The molecule has 1 heterocycles. The molecular formula is C19H21FN2O3S. The zero-order valence-corrected chi connectivity index (χ0v) is 15.5. The minimum Gasteiger partial charge on any atom is -0.325 e. The molecule has 3 rings (SSSR count). The van der Waals surface area contributed by atoms with Crippen molar-refractivity contribution in [3.05, 3.63) is 59.4 Å². The molecular weight excluding hydrogens is 355 g/mol. The van der Waals surface area contributed by atoms with Gasteiger partial charge in [-0.05, 0) is 62.1 Å². The second kappa shape index (κ2) is 7.17. The molecule has 26 heavy (non-hydrogen) atoms. The first-order chi connectivity index (χ1) is 12.3. The fraction of sp³-hybridized carbons (Fsp3) is 0.316. The van der Waals surface area contributed by atoms with Crippen molar-refractivity contribution in [2.24, 2.45) is 0 Å². The Morgan fingerprint density at radius 1 is 1.15 bits per heavy atom. The van der Waals surface area contributed by atoms with E-state index < -0.39 is 32.7 Å². The summed E-state index contributed by atoms with van der Waals surface area (Å²) < 4.78 is 40.7. The Balaban J connectivity index is 1.84. The van der Waals surface area contributed by atoms with Gasteiger partial charge in [-0.2, -0.15) is 4.31 Å². The molecule has 0 saturated carbocycles. The first-order valence-corrected chi connectivity index (χ1v) is 9.89. The third-order valence-corrected chi connectivity index (χ3v) is 6.65. The van der Waals surface area contributed by atoms with E-state index in [2.05, 4.69) is 5.32 Å². The van der Waals surface area contributed by atoms with Crippen LogP contribution in [-0.2, 0) is 14.8 Å². The van der Waals surface area contributed by atoms with Crippen LogP contribution in [0.3, 0.4) is 0 Å². The first kappa shape index (κ1) is 18.5. The van der Waals surface area contributed by atoms with Crippen LogP contribution in [0.25, 0.3) is 0 Å².